The average molecular weight is 384 g/mol. The van der Waals surface area contributed by atoms with Gasteiger partial charge in [0.15, 0.2) is 0 Å². The van der Waals surface area contributed by atoms with Crippen LogP contribution in [0.25, 0.3) is 0 Å². The number of aliphatic carboxylic acids is 1. The molecule has 26 heavy (non-hydrogen) atoms. The maximum atomic E-state index is 12.6. The van der Waals surface area contributed by atoms with Gasteiger partial charge in [0.2, 0.25) is 10.0 Å². The summed E-state index contributed by atoms with van der Waals surface area (Å²) in [5, 5.41) is 9.22. The number of hydrogen-bond acceptors (Lipinski definition) is 5. The molecule has 0 radical (unpaired) electrons. The molecule has 0 spiro atoms. The molecule has 0 aliphatic carbocycles. The highest BCUT2D eigenvalue weighted by atomic mass is 32.2. The monoisotopic (exact) mass is 384 g/mol. The van der Waals surface area contributed by atoms with Crippen LogP contribution in [0.15, 0.2) is 29.2 Å². The Morgan fingerprint density at radius 2 is 1.92 bits per heavy atom. The molecule has 1 aromatic rings. The molecule has 8 nitrogen and oxygen atoms in total. The maximum Gasteiger partial charge on any atom is 0.308 e. The molecule has 9 heteroatoms. The number of sulfonamides is 1. The van der Waals surface area contributed by atoms with Gasteiger partial charge >= 0.3 is 5.97 Å². The van der Waals surface area contributed by atoms with E-state index < -0.39 is 21.9 Å². The number of hydrogen-bond donors (Lipinski definition) is 2. The normalized spacial score (nSPS) is 20.8. The Labute approximate surface area is 153 Å². The molecule has 0 aromatic heterocycles. The number of carbonyl (C=O) groups is 2. The van der Waals surface area contributed by atoms with Gasteiger partial charge in [0.05, 0.1) is 17.4 Å². The Hall–Kier alpha value is -1.97. The van der Waals surface area contributed by atoms with E-state index in [2.05, 4.69) is 4.72 Å². The third-order valence-corrected chi connectivity index (χ3v) is 5.78. The molecular weight excluding hydrogens is 360 g/mol. The van der Waals surface area contributed by atoms with Gasteiger partial charge < -0.3 is 14.7 Å². The number of ether oxygens (including phenoxy) is 1. The van der Waals surface area contributed by atoms with Crippen molar-refractivity contribution >= 4 is 21.9 Å². The second-order valence-corrected chi connectivity index (χ2v) is 8.27. The summed E-state index contributed by atoms with van der Waals surface area (Å²) in [6, 6.07) is 5.62. The summed E-state index contributed by atoms with van der Waals surface area (Å²) in [6.45, 7) is 2.98. The van der Waals surface area contributed by atoms with Crippen LogP contribution >= 0.6 is 0 Å². The fourth-order valence-corrected chi connectivity index (χ4v) is 4.03. The molecule has 1 aromatic carbocycles. The maximum absolute atomic E-state index is 12.6. The van der Waals surface area contributed by atoms with Crippen LogP contribution in [-0.4, -0.2) is 63.7 Å². The Morgan fingerprint density at radius 1 is 1.27 bits per heavy atom. The van der Waals surface area contributed by atoms with Crippen molar-refractivity contribution in [3.05, 3.63) is 29.8 Å². The lowest BCUT2D eigenvalue weighted by atomic mass is 9.90. The lowest BCUT2D eigenvalue weighted by Crippen LogP contribution is -2.45. The number of nitrogens with zero attached hydrogens (tertiary/aromatic N) is 1. The van der Waals surface area contributed by atoms with Crippen molar-refractivity contribution in [1.82, 2.24) is 9.62 Å². The van der Waals surface area contributed by atoms with Crippen LogP contribution in [0.3, 0.4) is 0 Å². The zero-order valence-electron chi connectivity index (χ0n) is 14.8. The van der Waals surface area contributed by atoms with Crippen molar-refractivity contribution in [2.24, 2.45) is 11.8 Å². The molecule has 1 saturated heterocycles. The smallest absolute Gasteiger partial charge is 0.308 e. The molecule has 0 bridgehead atoms. The van der Waals surface area contributed by atoms with E-state index in [1.54, 1.807) is 0 Å². The molecule has 1 aliphatic heterocycles. The number of likely N-dealkylation sites (tertiary alicyclic amines) is 1. The van der Waals surface area contributed by atoms with Crippen LogP contribution in [0.1, 0.15) is 23.7 Å². The second-order valence-electron chi connectivity index (χ2n) is 6.50. The lowest BCUT2D eigenvalue weighted by molar-refractivity contribution is -0.143. The molecule has 1 fully saturated rings. The number of carbonyl (C=O) groups excluding carboxylic acids is 1. The van der Waals surface area contributed by atoms with Crippen LogP contribution < -0.4 is 4.72 Å². The topological polar surface area (TPSA) is 113 Å². The Kier molecular flexibility index (Phi) is 6.74. The van der Waals surface area contributed by atoms with Gasteiger partial charge in [-0.3, -0.25) is 9.59 Å². The molecule has 144 valence electrons. The Bertz CT molecular complexity index is 747. The van der Waals surface area contributed by atoms with E-state index in [1.807, 2.05) is 6.92 Å². The summed E-state index contributed by atoms with van der Waals surface area (Å²) in [7, 11) is -2.18. The molecule has 1 amide bonds. The van der Waals surface area contributed by atoms with Crippen molar-refractivity contribution in [2.45, 2.75) is 18.2 Å². The molecule has 0 saturated carbocycles. The summed E-state index contributed by atoms with van der Waals surface area (Å²) < 4.78 is 31.5. The van der Waals surface area contributed by atoms with Crippen LogP contribution in [0.2, 0.25) is 0 Å². The number of methoxy groups -OCH3 is 1. The predicted molar refractivity (Wildman–Crippen MR) is 94.3 cm³/mol. The van der Waals surface area contributed by atoms with Gasteiger partial charge in [-0.05, 0) is 36.6 Å². The van der Waals surface area contributed by atoms with E-state index in [1.165, 1.54) is 36.3 Å². The number of carboxylic acids is 1. The quantitative estimate of drug-likeness (QED) is 0.672. The number of carboxylic acid groups (broad SMARTS) is 1. The largest absolute Gasteiger partial charge is 0.481 e. The molecule has 2 atom stereocenters. The standard InChI is InChI=1S/C17H24N2O6S/c1-12-9-14(17(21)22)11-19(10-12)16(20)13-3-5-15(6-4-13)26(23,24)18-7-8-25-2/h3-6,12,14,18H,7-11H2,1-2H3,(H,21,22). The summed E-state index contributed by atoms with van der Waals surface area (Å²) >= 11 is 0. The number of rotatable bonds is 7. The van der Waals surface area contributed by atoms with Crippen LogP contribution in [0.4, 0.5) is 0 Å². The number of benzene rings is 1. The van der Waals surface area contributed by atoms with Crippen molar-refractivity contribution in [1.29, 1.82) is 0 Å². The van der Waals surface area contributed by atoms with Crippen molar-refractivity contribution in [3.63, 3.8) is 0 Å². The Balaban J connectivity index is 2.10. The highest BCUT2D eigenvalue weighted by molar-refractivity contribution is 7.89. The van der Waals surface area contributed by atoms with Gasteiger partial charge in [0.1, 0.15) is 0 Å². The number of nitrogens with one attached hydrogen (secondary N) is 1. The second kappa shape index (κ2) is 8.61. The van der Waals surface area contributed by atoms with Crippen LogP contribution in [0, 0.1) is 11.8 Å². The fourth-order valence-electron chi connectivity index (χ4n) is 3.02. The molecule has 2 unspecified atom stereocenters. The third kappa shape index (κ3) is 5.03. The van der Waals surface area contributed by atoms with Gasteiger partial charge in [-0.2, -0.15) is 0 Å². The van der Waals surface area contributed by atoms with E-state index in [4.69, 9.17) is 4.74 Å². The minimum Gasteiger partial charge on any atom is -0.481 e. The van der Waals surface area contributed by atoms with Crippen LogP contribution in [0.5, 0.6) is 0 Å². The van der Waals surface area contributed by atoms with E-state index in [0.717, 1.165) is 0 Å². The first-order valence-electron chi connectivity index (χ1n) is 8.35. The summed E-state index contributed by atoms with van der Waals surface area (Å²) in [6.07, 6.45) is 0.545. The fraction of sp³-hybridized carbons (Fsp3) is 0.529. The van der Waals surface area contributed by atoms with Crippen molar-refractivity contribution < 1.29 is 27.9 Å². The molecule has 2 N–H and O–H groups in total. The Morgan fingerprint density at radius 3 is 2.50 bits per heavy atom. The first-order chi connectivity index (χ1) is 12.2. The summed E-state index contributed by atoms with van der Waals surface area (Å²) in [5.41, 5.74) is 0.332. The third-order valence-electron chi connectivity index (χ3n) is 4.31. The van der Waals surface area contributed by atoms with Gasteiger partial charge in [0, 0.05) is 32.3 Å². The van der Waals surface area contributed by atoms with Crippen LogP contribution in [-0.2, 0) is 19.6 Å². The highest BCUT2D eigenvalue weighted by Crippen LogP contribution is 2.23. The summed E-state index contributed by atoms with van der Waals surface area (Å²) in [4.78, 5) is 25.5. The van der Waals surface area contributed by atoms with Crippen molar-refractivity contribution in [3.8, 4) is 0 Å². The predicted octanol–water partition coefficient (Wildman–Crippen LogP) is 0.794. The number of amides is 1. The van der Waals surface area contributed by atoms with E-state index in [0.29, 0.717) is 18.5 Å². The lowest BCUT2D eigenvalue weighted by Gasteiger charge is -2.34. The highest BCUT2D eigenvalue weighted by Gasteiger charge is 2.32. The van der Waals surface area contributed by atoms with E-state index in [-0.39, 0.29) is 36.4 Å². The van der Waals surface area contributed by atoms with E-state index >= 15 is 0 Å². The zero-order valence-corrected chi connectivity index (χ0v) is 15.7. The van der Waals surface area contributed by atoms with Gasteiger partial charge in [-0.1, -0.05) is 6.92 Å². The minimum atomic E-state index is -3.66. The SMILES string of the molecule is COCCNS(=O)(=O)c1ccc(C(=O)N2CC(C)CC(C(=O)O)C2)cc1. The first kappa shape index (κ1) is 20.3. The van der Waals surface area contributed by atoms with Gasteiger partial charge in [0.25, 0.3) is 5.91 Å². The molecule has 1 heterocycles. The average Bonchev–Trinajstić information content (AvgIpc) is 2.60. The van der Waals surface area contributed by atoms with Gasteiger partial charge in [-0.15, -0.1) is 0 Å². The molecular formula is C17H24N2O6S. The van der Waals surface area contributed by atoms with E-state index in [9.17, 15) is 23.1 Å². The first-order valence-corrected chi connectivity index (χ1v) is 9.83. The zero-order chi connectivity index (χ0) is 19.3. The molecule has 1 aliphatic rings. The van der Waals surface area contributed by atoms with Gasteiger partial charge in [-0.25, -0.2) is 13.1 Å². The minimum absolute atomic E-state index is 0.0561. The molecule has 2 rings (SSSR count). The van der Waals surface area contributed by atoms with Crippen molar-refractivity contribution in [2.75, 3.05) is 33.4 Å². The summed E-state index contributed by atoms with van der Waals surface area (Å²) in [5.74, 6) is -1.68. The number of piperidine rings is 1.